The van der Waals surface area contributed by atoms with Crippen molar-refractivity contribution in [2.75, 3.05) is 7.11 Å². The maximum atomic E-state index is 12.3. The summed E-state index contributed by atoms with van der Waals surface area (Å²) in [5, 5.41) is 9.25. The number of hydrogen-bond acceptors (Lipinski definition) is 4. The fourth-order valence-corrected chi connectivity index (χ4v) is 2.17. The lowest BCUT2D eigenvalue weighted by Crippen LogP contribution is -2.11. The van der Waals surface area contributed by atoms with Crippen LogP contribution >= 0.6 is 15.9 Å². The van der Waals surface area contributed by atoms with Gasteiger partial charge in [-0.3, -0.25) is 4.79 Å². The molecule has 0 fully saturated rings. The second-order valence-electron chi connectivity index (χ2n) is 3.81. The topological polar surface area (TPSA) is 63.2 Å². The van der Waals surface area contributed by atoms with Crippen LogP contribution in [0.25, 0.3) is 0 Å². The van der Waals surface area contributed by atoms with Crippen molar-refractivity contribution in [3.63, 3.8) is 0 Å². The normalized spacial score (nSPS) is 11.6. The second kappa shape index (κ2) is 5.72. The number of ketones is 1. The zero-order chi connectivity index (χ0) is 13.8. The lowest BCUT2D eigenvalue weighted by molar-refractivity contribution is 0.0977. The van der Waals surface area contributed by atoms with Crippen molar-refractivity contribution in [3.05, 3.63) is 52.4 Å². The second-order valence-corrected chi connectivity index (χ2v) is 4.53. The van der Waals surface area contributed by atoms with Gasteiger partial charge < -0.3 is 9.15 Å². The van der Waals surface area contributed by atoms with Gasteiger partial charge in [0, 0.05) is 0 Å². The summed E-state index contributed by atoms with van der Waals surface area (Å²) in [6.45, 7) is 0. The summed E-state index contributed by atoms with van der Waals surface area (Å²) in [5.41, 5.74) is 0.953. The molecule has 0 saturated carbocycles. The number of carbonyl (C=O) groups excluding carboxylic acids is 1. The molecule has 0 aliphatic carbocycles. The van der Waals surface area contributed by atoms with E-state index in [9.17, 15) is 10.1 Å². The molecule has 0 amide bonds. The lowest BCUT2D eigenvalue weighted by atomic mass is 9.93. The first-order valence-corrected chi connectivity index (χ1v) is 6.27. The number of hydrogen-bond donors (Lipinski definition) is 0. The lowest BCUT2D eigenvalue weighted by Gasteiger charge is -2.09. The quantitative estimate of drug-likeness (QED) is 0.808. The minimum atomic E-state index is -0.885. The first-order chi connectivity index (χ1) is 9.17. The molecule has 0 N–H and O–H groups in total. The molecule has 1 aromatic carbocycles. The van der Waals surface area contributed by atoms with Gasteiger partial charge in [-0.1, -0.05) is 12.1 Å². The molecule has 0 aliphatic heterocycles. The van der Waals surface area contributed by atoms with E-state index >= 15 is 0 Å². The highest BCUT2D eigenvalue weighted by Gasteiger charge is 2.25. The zero-order valence-corrected chi connectivity index (χ0v) is 11.7. The van der Waals surface area contributed by atoms with Gasteiger partial charge in [0.15, 0.2) is 10.5 Å². The fraction of sp³-hybridized carbons (Fsp3) is 0.143. The van der Waals surface area contributed by atoms with Crippen molar-refractivity contribution in [3.8, 4) is 11.8 Å². The monoisotopic (exact) mass is 319 g/mol. The van der Waals surface area contributed by atoms with Crippen molar-refractivity contribution in [2.24, 2.45) is 0 Å². The molecule has 0 radical (unpaired) electrons. The highest BCUT2D eigenvalue weighted by atomic mass is 79.9. The summed E-state index contributed by atoms with van der Waals surface area (Å²) in [5.74, 6) is -0.586. The van der Waals surface area contributed by atoms with Crippen LogP contribution in [-0.4, -0.2) is 12.9 Å². The molecule has 1 heterocycles. The van der Waals surface area contributed by atoms with E-state index < -0.39 is 5.92 Å². The Kier molecular flexibility index (Phi) is 4.03. The molecule has 5 heteroatoms. The number of carbonyl (C=O) groups is 1. The van der Waals surface area contributed by atoms with Gasteiger partial charge in [-0.25, -0.2) is 0 Å². The van der Waals surface area contributed by atoms with Crippen molar-refractivity contribution in [1.82, 2.24) is 0 Å². The van der Waals surface area contributed by atoms with Gasteiger partial charge in [-0.15, -0.1) is 0 Å². The van der Waals surface area contributed by atoms with Gasteiger partial charge in [0.2, 0.25) is 0 Å². The summed E-state index contributed by atoms with van der Waals surface area (Å²) < 4.78 is 10.5. The van der Waals surface area contributed by atoms with E-state index in [2.05, 4.69) is 15.9 Å². The summed E-state index contributed by atoms with van der Waals surface area (Å²) in [4.78, 5) is 12.3. The van der Waals surface area contributed by atoms with Crippen LogP contribution in [0.15, 0.2) is 45.7 Å². The molecule has 0 spiro atoms. The number of benzene rings is 1. The number of nitriles is 1. The molecule has 19 heavy (non-hydrogen) atoms. The molecule has 1 aromatic heterocycles. The molecule has 1 unspecified atom stereocenters. The Morgan fingerprint density at radius 2 is 2.26 bits per heavy atom. The molecule has 2 aromatic rings. The van der Waals surface area contributed by atoms with E-state index in [1.54, 1.807) is 24.3 Å². The molecule has 1 atom stereocenters. The smallest absolute Gasteiger partial charge is 0.188 e. The number of nitrogens with zero attached hydrogens (tertiary/aromatic N) is 1. The first-order valence-electron chi connectivity index (χ1n) is 5.48. The van der Waals surface area contributed by atoms with Crippen molar-refractivity contribution < 1.29 is 13.9 Å². The maximum absolute atomic E-state index is 12.3. The molecular weight excluding hydrogens is 310 g/mol. The van der Waals surface area contributed by atoms with Crippen molar-refractivity contribution in [1.29, 1.82) is 5.26 Å². The molecule has 96 valence electrons. The Bertz CT molecular complexity index is 642. The van der Waals surface area contributed by atoms with Crippen LogP contribution in [0.5, 0.6) is 5.75 Å². The van der Waals surface area contributed by atoms with E-state index in [1.165, 1.54) is 19.4 Å². The summed E-state index contributed by atoms with van der Waals surface area (Å²) >= 11 is 3.14. The molecule has 0 aliphatic rings. The number of Topliss-reactive ketones (excluding diaryl/α,β-unsaturated/α-hetero) is 1. The standard InChI is InChI=1S/C14H10BrNO3/c1-18-10-4-2-3-9(7-10)12(8-16)13(17)11-5-6-19-14(11)15/h2-7,12H,1H3. The summed E-state index contributed by atoms with van der Waals surface area (Å²) in [7, 11) is 1.54. The van der Waals surface area contributed by atoms with Gasteiger partial charge in [0.05, 0.1) is 25.0 Å². The highest BCUT2D eigenvalue weighted by molar-refractivity contribution is 9.10. The summed E-state index contributed by atoms with van der Waals surface area (Å²) in [6, 6.07) is 10.5. The minimum absolute atomic E-state index is 0.309. The van der Waals surface area contributed by atoms with Crippen LogP contribution in [0.3, 0.4) is 0 Å². The average molecular weight is 320 g/mol. The largest absolute Gasteiger partial charge is 0.497 e. The molecule has 0 bridgehead atoms. The van der Waals surface area contributed by atoms with Crippen LogP contribution in [0.4, 0.5) is 0 Å². The zero-order valence-electron chi connectivity index (χ0n) is 10.1. The summed E-state index contributed by atoms with van der Waals surface area (Å²) in [6.07, 6.45) is 1.40. The maximum Gasteiger partial charge on any atom is 0.188 e. The van der Waals surface area contributed by atoms with Gasteiger partial charge in [-0.05, 0) is 39.7 Å². The van der Waals surface area contributed by atoms with Gasteiger partial charge in [0.1, 0.15) is 11.7 Å². The Balaban J connectivity index is 2.38. The number of ether oxygens (including phenoxy) is 1. The predicted octanol–water partition coefficient (Wildman–Crippen LogP) is 3.54. The first kappa shape index (κ1) is 13.4. The van der Waals surface area contributed by atoms with E-state index in [4.69, 9.17) is 9.15 Å². The van der Waals surface area contributed by atoms with E-state index in [0.29, 0.717) is 21.5 Å². The van der Waals surface area contributed by atoms with Crippen molar-refractivity contribution in [2.45, 2.75) is 5.92 Å². The Morgan fingerprint density at radius 3 is 2.84 bits per heavy atom. The van der Waals surface area contributed by atoms with Gasteiger partial charge in [0.25, 0.3) is 0 Å². The third kappa shape index (κ3) is 2.69. The van der Waals surface area contributed by atoms with Gasteiger partial charge in [-0.2, -0.15) is 5.26 Å². The number of halogens is 1. The van der Waals surface area contributed by atoms with Gasteiger partial charge >= 0.3 is 0 Å². The van der Waals surface area contributed by atoms with Crippen molar-refractivity contribution >= 4 is 21.7 Å². The Morgan fingerprint density at radius 1 is 1.47 bits per heavy atom. The molecule has 4 nitrogen and oxygen atoms in total. The number of methoxy groups -OCH3 is 1. The number of furan rings is 1. The molecular formula is C14H10BrNO3. The van der Waals surface area contributed by atoms with Crippen LogP contribution in [0, 0.1) is 11.3 Å². The van der Waals surface area contributed by atoms with E-state index in [1.807, 2.05) is 6.07 Å². The third-order valence-electron chi connectivity index (χ3n) is 2.70. The van der Waals surface area contributed by atoms with E-state index in [0.717, 1.165) is 0 Å². The molecule has 2 rings (SSSR count). The predicted molar refractivity (Wildman–Crippen MR) is 72.1 cm³/mol. The Labute approximate surface area is 118 Å². The molecule has 0 saturated heterocycles. The van der Waals surface area contributed by atoms with Crippen LogP contribution in [0.2, 0.25) is 0 Å². The van der Waals surface area contributed by atoms with Crippen LogP contribution in [0.1, 0.15) is 21.8 Å². The average Bonchev–Trinajstić information content (AvgIpc) is 2.86. The SMILES string of the molecule is COc1cccc(C(C#N)C(=O)c2ccoc2Br)c1. The number of rotatable bonds is 4. The minimum Gasteiger partial charge on any atom is -0.497 e. The van der Waals surface area contributed by atoms with Crippen LogP contribution in [-0.2, 0) is 0 Å². The van der Waals surface area contributed by atoms with Crippen LogP contribution < -0.4 is 4.74 Å². The Hall–Kier alpha value is -2.06. The van der Waals surface area contributed by atoms with E-state index in [-0.39, 0.29) is 5.78 Å². The third-order valence-corrected chi connectivity index (χ3v) is 3.32. The highest BCUT2D eigenvalue weighted by Crippen LogP contribution is 2.27. The fourth-order valence-electron chi connectivity index (χ4n) is 1.73.